The second-order valence-corrected chi connectivity index (χ2v) is 17.0. The van der Waals surface area contributed by atoms with E-state index in [2.05, 4.69) is 63.0 Å². The SMILES string of the molecule is CSc1ncc2c(C#C[Si](C(C)C)(C(C)C)C(C)C)cc(N(C)C(=O)N(C)C3CCCC3)nc2n1. The molecule has 1 aliphatic carbocycles. The Morgan fingerprint density at radius 2 is 1.66 bits per heavy atom. The van der Waals surface area contributed by atoms with Gasteiger partial charge in [0.1, 0.15) is 13.9 Å². The second-order valence-electron chi connectivity index (χ2n) is 10.7. The molecule has 1 aliphatic rings. The molecule has 0 N–H and O–H groups in total. The number of amides is 2. The molecule has 0 unspecified atom stereocenters. The summed E-state index contributed by atoms with van der Waals surface area (Å²) < 4.78 is 0. The molecule has 190 valence electrons. The maximum absolute atomic E-state index is 13.3. The van der Waals surface area contributed by atoms with Crippen molar-refractivity contribution < 1.29 is 4.79 Å². The van der Waals surface area contributed by atoms with Gasteiger partial charge in [-0.2, -0.15) is 0 Å². The Bertz CT molecular complexity index is 1100. The minimum atomic E-state index is -1.93. The lowest BCUT2D eigenvalue weighted by Gasteiger charge is -2.38. The van der Waals surface area contributed by atoms with E-state index >= 15 is 0 Å². The van der Waals surface area contributed by atoms with Crippen molar-refractivity contribution in [2.75, 3.05) is 25.3 Å². The van der Waals surface area contributed by atoms with Gasteiger partial charge in [0.2, 0.25) is 0 Å². The molecule has 35 heavy (non-hydrogen) atoms. The number of fused-ring (bicyclic) bond motifs is 1. The molecule has 0 saturated heterocycles. The first-order chi connectivity index (χ1) is 16.5. The largest absolute Gasteiger partial charge is 0.325 e. The lowest BCUT2D eigenvalue weighted by molar-refractivity contribution is 0.199. The third-order valence-corrected chi connectivity index (χ3v) is 14.6. The normalized spacial score (nSPS) is 14.6. The topological polar surface area (TPSA) is 62.2 Å². The highest BCUT2D eigenvalue weighted by Crippen LogP contribution is 2.41. The number of anilines is 1. The lowest BCUT2D eigenvalue weighted by atomic mass is 10.2. The van der Waals surface area contributed by atoms with E-state index in [1.165, 1.54) is 24.6 Å². The van der Waals surface area contributed by atoms with Gasteiger partial charge in [-0.3, -0.25) is 4.90 Å². The third kappa shape index (κ3) is 5.51. The van der Waals surface area contributed by atoms with Crippen molar-refractivity contribution in [2.45, 2.75) is 95.0 Å². The van der Waals surface area contributed by atoms with Gasteiger partial charge in [-0.1, -0.05) is 72.1 Å². The van der Waals surface area contributed by atoms with Crippen LogP contribution in [0.2, 0.25) is 16.6 Å². The van der Waals surface area contributed by atoms with Gasteiger partial charge in [0.25, 0.3) is 0 Å². The molecule has 0 bridgehead atoms. The first-order valence-corrected chi connectivity index (χ1v) is 16.2. The number of urea groups is 1. The van der Waals surface area contributed by atoms with Gasteiger partial charge in [0, 0.05) is 31.9 Å². The van der Waals surface area contributed by atoms with E-state index < -0.39 is 8.07 Å². The number of aromatic nitrogens is 3. The molecule has 3 rings (SSSR count). The Morgan fingerprint density at radius 1 is 1.06 bits per heavy atom. The summed E-state index contributed by atoms with van der Waals surface area (Å²) in [5, 5.41) is 1.50. The molecule has 6 nitrogen and oxygen atoms in total. The summed E-state index contributed by atoms with van der Waals surface area (Å²) >= 11 is 1.48. The van der Waals surface area contributed by atoms with E-state index in [4.69, 9.17) is 4.98 Å². The predicted octanol–water partition coefficient (Wildman–Crippen LogP) is 6.75. The maximum Gasteiger partial charge on any atom is 0.325 e. The third-order valence-electron chi connectivity index (χ3n) is 7.80. The quantitative estimate of drug-likeness (QED) is 0.186. The van der Waals surface area contributed by atoms with Crippen molar-refractivity contribution in [1.29, 1.82) is 0 Å². The zero-order valence-electron chi connectivity index (χ0n) is 22.8. The minimum Gasteiger partial charge on any atom is -0.324 e. The van der Waals surface area contributed by atoms with Gasteiger partial charge in [-0.05, 0) is 41.8 Å². The molecule has 0 aliphatic heterocycles. The summed E-state index contributed by atoms with van der Waals surface area (Å²) in [7, 11) is 1.77. The average molecular weight is 512 g/mol. The lowest BCUT2D eigenvalue weighted by Crippen LogP contribution is -2.44. The Hall–Kier alpha value is -2.11. The van der Waals surface area contributed by atoms with Crippen molar-refractivity contribution in [2.24, 2.45) is 0 Å². The second kappa shape index (κ2) is 11.3. The van der Waals surface area contributed by atoms with Crippen LogP contribution in [-0.2, 0) is 0 Å². The molecule has 1 saturated carbocycles. The summed E-state index contributed by atoms with van der Waals surface area (Å²) in [6.07, 6.45) is 8.27. The molecule has 0 radical (unpaired) electrons. The van der Waals surface area contributed by atoms with Gasteiger partial charge in [-0.25, -0.2) is 19.7 Å². The monoisotopic (exact) mass is 511 g/mol. The van der Waals surface area contributed by atoms with Crippen LogP contribution in [0.25, 0.3) is 11.0 Å². The highest BCUT2D eigenvalue weighted by molar-refractivity contribution is 7.98. The fraction of sp³-hybridized carbons (Fsp3) is 0.630. The molecule has 1 fully saturated rings. The van der Waals surface area contributed by atoms with Gasteiger partial charge in [0.05, 0.1) is 5.39 Å². The number of nitrogens with zero attached hydrogens (tertiary/aromatic N) is 5. The van der Waals surface area contributed by atoms with Crippen LogP contribution in [0, 0.1) is 11.5 Å². The fourth-order valence-corrected chi connectivity index (χ4v) is 11.3. The number of hydrogen-bond acceptors (Lipinski definition) is 5. The van der Waals surface area contributed by atoms with Crippen LogP contribution in [0.4, 0.5) is 10.6 Å². The van der Waals surface area contributed by atoms with Crippen LogP contribution in [0.15, 0.2) is 17.4 Å². The van der Waals surface area contributed by atoms with E-state index in [-0.39, 0.29) is 6.03 Å². The summed E-state index contributed by atoms with van der Waals surface area (Å²) in [5.41, 5.74) is 6.85. The summed E-state index contributed by atoms with van der Waals surface area (Å²) in [6.45, 7) is 13.9. The zero-order chi connectivity index (χ0) is 25.9. The molecular formula is C27H41N5OSSi. The van der Waals surface area contributed by atoms with Crippen LogP contribution in [0.1, 0.15) is 72.8 Å². The number of rotatable bonds is 6. The van der Waals surface area contributed by atoms with E-state index in [0.29, 0.717) is 39.3 Å². The Balaban J connectivity index is 2.13. The highest BCUT2D eigenvalue weighted by Gasteiger charge is 2.41. The fourth-order valence-electron chi connectivity index (χ4n) is 5.74. The zero-order valence-corrected chi connectivity index (χ0v) is 24.7. The number of carbonyl (C=O) groups excluding carboxylic acids is 1. The van der Waals surface area contributed by atoms with Crippen LogP contribution in [-0.4, -0.2) is 60.3 Å². The summed E-state index contributed by atoms with van der Waals surface area (Å²) in [4.78, 5) is 30.8. The molecule has 0 spiro atoms. The van der Waals surface area contributed by atoms with Crippen molar-refractivity contribution in [3.05, 3.63) is 17.8 Å². The van der Waals surface area contributed by atoms with Crippen LogP contribution in [0.5, 0.6) is 0 Å². The van der Waals surface area contributed by atoms with Crippen molar-refractivity contribution in [3.63, 3.8) is 0 Å². The van der Waals surface area contributed by atoms with Gasteiger partial charge >= 0.3 is 6.03 Å². The number of pyridine rings is 1. The summed E-state index contributed by atoms with van der Waals surface area (Å²) in [5.74, 6) is 4.14. The molecule has 2 aromatic rings. The molecular weight excluding hydrogens is 470 g/mol. The molecule has 2 amide bonds. The first-order valence-electron chi connectivity index (χ1n) is 12.8. The molecule has 0 aromatic carbocycles. The summed E-state index contributed by atoms with van der Waals surface area (Å²) in [6, 6.07) is 2.19. The van der Waals surface area contributed by atoms with Gasteiger partial charge in [-0.15, -0.1) is 5.54 Å². The Kier molecular flexibility index (Phi) is 8.87. The highest BCUT2D eigenvalue weighted by atomic mass is 32.2. The number of thioether (sulfide) groups is 1. The molecule has 8 heteroatoms. The molecule has 0 atom stereocenters. The van der Waals surface area contributed by atoms with Gasteiger partial charge < -0.3 is 4.90 Å². The van der Waals surface area contributed by atoms with E-state index in [1.54, 1.807) is 11.9 Å². The molecule has 2 heterocycles. The number of carbonyl (C=O) groups is 1. The Morgan fingerprint density at radius 3 is 2.20 bits per heavy atom. The smallest absolute Gasteiger partial charge is 0.324 e. The first kappa shape index (κ1) is 27.5. The van der Waals surface area contributed by atoms with Crippen LogP contribution in [0.3, 0.4) is 0 Å². The van der Waals surface area contributed by atoms with Crippen LogP contribution < -0.4 is 4.90 Å². The van der Waals surface area contributed by atoms with Crippen molar-refractivity contribution >= 4 is 42.7 Å². The van der Waals surface area contributed by atoms with E-state index in [9.17, 15) is 4.79 Å². The average Bonchev–Trinajstić information content (AvgIpc) is 3.36. The number of hydrogen-bond donors (Lipinski definition) is 0. The maximum atomic E-state index is 13.3. The minimum absolute atomic E-state index is 0.0444. The van der Waals surface area contributed by atoms with Gasteiger partial charge in [0.15, 0.2) is 10.8 Å². The van der Waals surface area contributed by atoms with E-state index in [1.807, 2.05) is 30.5 Å². The van der Waals surface area contributed by atoms with Crippen molar-refractivity contribution in [3.8, 4) is 11.5 Å². The van der Waals surface area contributed by atoms with Crippen molar-refractivity contribution in [1.82, 2.24) is 19.9 Å². The molecule has 2 aromatic heterocycles. The standard InChI is InChI=1S/C27H41N5OSSi/c1-18(2)35(19(3)4,20(5)6)15-14-21-16-24(29-25-23(21)17-28-26(30-25)34-9)32(8)27(33)31(7)22-12-10-11-13-22/h16-20,22H,10-13H2,1-9H3. The van der Waals surface area contributed by atoms with E-state index in [0.717, 1.165) is 23.8 Å². The Labute approximate surface area is 216 Å². The van der Waals surface area contributed by atoms with Crippen LogP contribution >= 0.6 is 11.8 Å². The predicted molar refractivity (Wildman–Crippen MR) is 151 cm³/mol.